The van der Waals surface area contributed by atoms with Crippen LogP contribution in [-0.2, 0) is 4.79 Å². The molecule has 0 saturated heterocycles. The van der Waals surface area contributed by atoms with Crippen molar-refractivity contribution < 1.29 is 13.9 Å². The first-order chi connectivity index (χ1) is 8.90. The molecule has 1 atom stereocenters. The van der Waals surface area contributed by atoms with Crippen LogP contribution in [0.4, 0.5) is 4.39 Å². The van der Waals surface area contributed by atoms with E-state index in [1.165, 1.54) is 24.3 Å². The highest BCUT2D eigenvalue weighted by molar-refractivity contribution is 5.82. The molecule has 0 aliphatic carbocycles. The second kappa shape index (κ2) is 6.66. The fourth-order valence-corrected chi connectivity index (χ4v) is 1.61. The maximum atomic E-state index is 12.8. The van der Waals surface area contributed by atoms with Crippen LogP contribution >= 0.6 is 0 Å². The second-order valence-corrected chi connectivity index (χ2v) is 5.13. The van der Waals surface area contributed by atoms with Crippen LogP contribution in [0, 0.1) is 11.7 Å². The van der Waals surface area contributed by atoms with E-state index in [9.17, 15) is 9.18 Å². The average Bonchev–Trinajstić information content (AvgIpc) is 2.38. The smallest absolute Gasteiger partial charge is 0.331 e. The van der Waals surface area contributed by atoms with Crippen molar-refractivity contribution in [2.75, 3.05) is 6.54 Å². The van der Waals surface area contributed by atoms with Crippen LogP contribution in [-0.4, -0.2) is 18.1 Å². The van der Waals surface area contributed by atoms with Crippen molar-refractivity contribution in [3.63, 3.8) is 0 Å². The lowest BCUT2D eigenvalue weighted by atomic mass is 9.88. The van der Waals surface area contributed by atoms with E-state index in [-0.39, 0.29) is 17.7 Å². The minimum atomic E-state index is -0.746. The molecule has 0 aliphatic rings. The Morgan fingerprint density at radius 3 is 2.42 bits per heavy atom. The summed E-state index contributed by atoms with van der Waals surface area (Å²) >= 11 is 0. The van der Waals surface area contributed by atoms with Gasteiger partial charge in [0.1, 0.15) is 17.1 Å². The quantitative estimate of drug-likeness (QED) is 0.635. The first-order valence-corrected chi connectivity index (χ1v) is 6.63. The topological polar surface area (TPSA) is 38.3 Å². The Kier molecular flexibility index (Phi) is 5.48. The lowest BCUT2D eigenvalue weighted by Crippen LogP contribution is -2.55. The predicted molar refractivity (Wildman–Crippen MR) is 73.6 cm³/mol. The third-order valence-electron chi connectivity index (χ3n) is 3.35. The molecule has 0 aromatic heterocycles. The Morgan fingerprint density at radius 2 is 1.95 bits per heavy atom. The summed E-state index contributed by atoms with van der Waals surface area (Å²) in [6.45, 7) is 8.55. The van der Waals surface area contributed by atoms with E-state index in [0.29, 0.717) is 5.75 Å². The molecular weight excluding hydrogens is 245 g/mol. The first kappa shape index (κ1) is 15.6. The predicted octanol–water partition coefficient (Wildman–Crippen LogP) is 3.15. The van der Waals surface area contributed by atoms with Crippen LogP contribution in [0.25, 0.3) is 0 Å². The number of hydrogen-bond acceptors (Lipinski definition) is 3. The zero-order valence-corrected chi connectivity index (χ0v) is 12.0. The van der Waals surface area contributed by atoms with Gasteiger partial charge in [0.2, 0.25) is 0 Å². The van der Waals surface area contributed by atoms with E-state index in [1.54, 1.807) is 0 Å². The van der Waals surface area contributed by atoms with Gasteiger partial charge in [-0.3, -0.25) is 0 Å². The number of carbonyl (C=O) groups excluding carboxylic acids is 1. The van der Waals surface area contributed by atoms with E-state index in [2.05, 4.69) is 5.32 Å². The molecule has 1 aromatic rings. The van der Waals surface area contributed by atoms with Gasteiger partial charge in [0.25, 0.3) is 0 Å². The molecule has 0 saturated carbocycles. The lowest BCUT2D eigenvalue weighted by Gasteiger charge is -2.32. The van der Waals surface area contributed by atoms with Gasteiger partial charge in [-0.1, -0.05) is 20.8 Å². The van der Waals surface area contributed by atoms with Gasteiger partial charge in [0.05, 0.1) is 0 Å². The van der Waals surface area contributed by atoms with Gasteiger partial charge in [0.15, 0.2) is 0 Å². The van der Waals surface area contributed by atoms with Crippen molar-refractivity contribution in [1.82, 2.24) is 5.32 Å². The summed E-state index contributed by atoms with van der Waals surface area (Å²) in [6, 6.07) is 5.45. The lowest BCUT2D eigenvalue weighted by molar-refractivity contribution is -0.143. The molecule has 1 aromatic carbocycles. The van der Waals surface area contributed by atoms with Crippen molar-refractivity contribution in [3.8, 4) is 5.75 Å². The maximum absolute atomic E-state index is 12.8. The molecule has 1 N–H and O–H groups in total. The summed E-state index contributed by atoms with van der Waals surface area (Å²) in [7, 11) is 0. The normalized spacial score (nSPS) is 14.2. The fraction of sp³-hybridized carbons (Fsp3) is 0.533. The number of hydrogen-bond donors (Lipinski definition) is 1. The van der Waals surface area contributed by atoms with E-state index < -0.39 is 5.54 Å². The van der Waals surface area contributed by atoms with Gasteiger partial charge < -0.3 is 10.1 Å². The van der Waals surface area contributed by atoms with Crippen LogP contribution in [0.5, 0.6) is 5.75 Å². The Labute approximate surface area is 114 Å². The summed E-state index contributed by atoms with van der Waals surface area (Å²) in [4.78, 5) is 12.3. The second-order valence-electron chi connectivity index (χ2n) is 5.13. The Balaban J connectivity index is 2.80. The molecule has 0 amide bonds. The van der Waals surface area contributed by atoms with Crippen LogP contribution in [0.1, 0.15) is 34.1 Å². The number of nitrogens with one attached hydrogen (secondary N) is 1. The molecule has 19 heavy (non-hydrogen) atoms. The summed E-state index contributed by atoms with van der Waals surface area (Å²) in [5.41, 5.74) is -0.746. The molecule has 0 bridgehead atoms. The van der Waals surface area contributed by atoms with E-state index >= 15 is 0 Å². The number of halogens is 1. The Morgan fingerprint density at radius 1 is 1.37 bits per heavy atom. The van der Waals surface area contributed by atoms with Crippen LogP contribution in [0.2, 0.25) is 0 Å². The van der Waals surface area contributed by atoms with Crippen molar-refractivity contribution in [2.45, 2.75) is 39.7 Å². The number of rotatable bonds is 6. The molecule has 4 heteroatoms. The van der Waals surface area contributed by atoms with Crippen molar-refractivity contribution >= 4 is 5.97 Å². The van der Waals surface area contributed by atoms with Gasteiger partial charge in [0, 0.05) is 0 Å². The average molecular weight is 267 g/mol. The third kappa shape index (κ3) is 4.03. The van der Waals surface area contributed by atoms with Gasteiger partial charge in [-0.05, 0) is 50.1 Å². The largest absolute Gasteiger partial charge is 0.425 e. The van der Waals surface area contributed by atoms with Crippen LogP contribution in [0.3, 0.4) is 0 Å². The highest BCUT2D eigenvalue weighted by Crippen LogP contribution is 2.21. The molecule has 0 fully saturated rings. The molecule has 0 aliphatic heterocycles. The highest BCUT2D eigenvalue weighted by Gasteiger charge is 2.37. The molecule has 0 heterocycles. The maximum Gasteiger partial charge on any atom is 0.331 e. The standard InChI is InChI=1S/C15H22FNO2/c1-5-10-17-15(4,11(2)3)14(18)19-13-8-6-12(16)7-9-13/h6-9,11,17H,5,10H2,1-4H3. The molecule has 106 valence electrons. The minimum Gasteiger partial charge on any atom is -0.425 e. The molecule has 1 unspecified atom stereocenters. The number of benzene rings is 1. The Hall–Kier alpha value is -1.42. The SMILES string of the molecule is CCCNC(C)(C(=O)Oc1ccc(F)cc1)C(C)C. The zero-order valence-electron chi connectivity index (χ0n) is 12.0. The van der Waals surface area contributed by atoms with Gasteiger partial charge >= 0.3 is 5.97 Å². The van der Waals surface area contributed by atoms with E-state index in [0.717, 1.165) is 13.0 Å². The highest BCUT2D eigenvalue weighted by atomic mass is 19.1. The summed E-state index contributed by atoms with van der Waals surface area (Å²) in [5.74, 6) is -0.248. The van der Waals surface area contributed by atoms with E-state index in [1.807, 2.05) is 27.7 Å². The first-order valence-electron chi connectivity index (χ1n) is 6.63. The van der Waals surface area contributed by atoms with E-state index in [4.69, 9.17) is 4.74 Å². The Bertz CT molecular complexity index is 417. The third-order valence-corrected chi connectivity index (χ3v) is 3.35. The van der Waals surface area contributed by atoms with Gasteiger partial charge in [-0.15, -0.1) is 0 Å². The number of esters is 1. The van der Waals surface area contributed by atoms with Crippen LogP contribution < -0.4 is 10.1 Å². The van der Waals surface area contributed by atoms with Crippen molar-refractivity contribution in [3.05, 3.63) is 30.1 Å². The minimum absolute atomic E-state index is 0.0898. The van der Waals surface area contributed by atoms with Crippen molar-refractivity contribution in [1.29, 1.82) is 0 Å². The number of carbonyl (C=O) groups is 1. The molecular formula is C15H22FNO2. The monoisotopic (exact) mass is 267 g/mol. The fourth-order valence-electron chi connectivity index (χ4n) is 1.61. The molecule has 0 spiro atoms. The summed E-state index contributed by atoms with van der Waals surface area (Å²) < 4.78 is 18.1. The summed E-state index contributed by atoms with van der Waals surface area (Å²) in [6.07, 6.45) is 0.937. The van der Waals surface area contributed by atoms with Crippen LogP contribution in [0.15, 0.2) is 24.3 Å². The van der Waals surface area contributed by atoms with Gasteiger partial charge in [-0.2, -0.15) is 0 Å². The zero-order chi connectivity index (χ0) is 14.5. The number of ether oxygens (including phenoxy) is 1. The molecule has 0 radical (unpaired) electrons. The van der Waals surface area contributed by atoms with Gasteiger partial charge in [-0.25, -0.2) is 9.18 Å². The summed E-state index contributed by atoms with van der Waals surface area (Å²) in [5, 5.41) is 3.23. The molecule has 1 rings (SSSR count). The van der Waals surface area contributed by atoms with Crippen molar-refractivity contribution in [2.24, 2.45) is 5.92 Å². The molecule has 3 nitrogen and oxygen atoms in total.